The third-order valence-corrected chi connectivity index (χ3v) is 3.64. The molecule has 20 heavy (non-hydrogen) atoms. The van der Waals surface area contributed by atoms with E-state index in [-0.39, 0.29) is 0 Å². The average molecular weight is 271 g/mol. The van der Waals surface area contributed by atoms with E-state index in [9.17, 15) is 0 Å². The molecule has 1 aliphatic rings. The molecular formula is C16H21N3O. The summed E-state index contributed by atoms with van der Waals surface area (Å²) < 4.78 is 7.96. The van der Waals surface area contributed by atoms with Crippen molar-refractivity contribution < 1.29 is 4.74 Å². The normalized spacial score (nSPS) is 14.4. The summed E-state index contributed by atoms with van der Waals surface area (Å²) in [5.74, 6) is 2.04. The molecule has 1 aromatic carbocycles. The Morgan fingerprint density at radius 1 is 1.35 bits per heavy atom. The van der Waals surface area contributed by atoms with Crippen molar-refractivity contribution in [2.24, 2.45) is 7.05 Å². The van der Waals surface area contributed by atoms with Gasteiger partial charge in [-0.2, -0.15) is 0 Å². The summed E-state index contributed by atoms with van der Waals surface area (Å²) in [4.78, 5) is 4.31. The third-order valence-electron chi connectivity index (χ3n) is 3.64. The highest BCUT2D eigenvalue weighted by molar-refractivity contribution is 5.33. The number of aromatic nitrogens is 2. The summed E-state index contributed by atoms with van der Waals surface area (Å²) in [7, 11) is 2.01. The minimum absolute atomic E-state index is 0.658. The zero-order valence-electron chi connectivity index (χ0n) is 11.9. The summed E-state index contributed by atoms with van der Waals surface area (Å²) in [5.41, 5.74) is 1.24. The van der Waals surface area contributed by atoms with Crippen LogP contribution in [-0.4, -0.2) is 22.2 Å². The SMILES string of the molecule is Cn1ccnc1CCOc1ccccc1CNC1CC1. The van der Waals surface area contributed by atoms with Gasteiger partial charge >= 0.3 is 0 Å². The molecule has 1 fully saturated rings. The molecule has 106 valence electrons. The van der Waals surface area contributed by atoms with Crippen LogP contribution in [0.3, 0.4) is 0 Å². The molecule has 4 heteroatoms. The van der Waals surface area contributed by atoms with Crippen LogP contribution in [0.4, 0.5) is 0 Å². The van der Waals surface area contributed by atoms with Gasteiger partial charge in [0.25, 0.3) is 0 Å². The van der Waals surface area contributed by atoms with Gasteiger partial charge in [0.1, 0.15) is 11.6 Å². The second kappa shape index (κ2) is 6.09. The molecule has 0 bridgehead atoms. The molecule has 0 aliphatic heterocycles. The minimum Gasteiger partial charge on any atom is -0.493 e. The first-order chi connectivity index (χ1) is 9.83. The Labute approximate surface area is 119 Å². The lowest BCUT2D eigenvalue weighted by atomic mass is 10.2. The van der Waals surface area contributed by atoms with Gasteiger partial charge < -0.3 is 14.6 Å². The van der Waals surface area contributed by atoms with E-state index in [1.165, 1.54) is 18.4 Å². The molecule has 1 heterocycles. The number of rotatable bonds is 7. The number of benzene rings is 1. The fourth-order valence-electron chi connectivity index (χ4n) is 2.22. The quantitative estimate of drug-likeness (QED) is 0.840. The van der Waals surface area contributed by atoms with Crippen molar-refractivity contribution in [3.8, 4) is 5.75 Å². The third kappa shape index (κ3) is 3.39. The number of ether oxygens (including phenoxy) is 1. The molecule has 0 atom stereocenters. The van der Waals surface area contributed by atoms with Crippen molar-refractivity contribution in [1.29, 1.82) is 0 Å². The smallest absolute Gasteiger partial charge is 0.123 e. The van der Waals surface area contributed by atoms with E-state index in [2.05, 4.69) is 22.4 Å². The highest BCUT2D eigenvalue weighted by atomic mass is 16.5. The maximum absolute atomic E-state index is 5.92. The van der Waals surface area contributed by atoms with Crippen LogP contribution in [0.25, 0.3) is 0 Å². The largest absolute Gasteiger partial charge is 0.493 e. The highest BCUT2D eigenvalue weighted by Gasteiger charge is 2.20. The topological polar surface area (TPSA) is 39.1 Å². The van der Waals surface area contributed by atoms with Crippen LogP contribution in [0.1, 0.15) is 24.2 Å². The highest BCUT2D eigenvalue weighted by Crippen LogP contribution is 2.22. The van der Waals surface area contributed by atoms with Crippen molar-refractivity contribution >= 4 is 0 Å². The lowest BCUT2D eigenvalue weighted by Crippen LogP contribution is -2.16. The first-order valence-electron chi connectivity index (χ1n) is 7.23. The molecule has 0 saturated heterocycles. The zero-order valence-corrected chi connectivity index (χ0v) is 11.9. The predicted molar refractivity (Wildman–Crippen MR) is 78.7 cm³/mol. The van der Waals surface area contributed by atoms with E-state index in [1.54, 1.807) is 0 Å². The second-order valence-electron chi connectivity index (χ2n) is 5.32. The number of nitrogens with one attached hydrogen (secondary N) is 1. The number of para-hydroxylation sites is 1. The first-order valence-corrected chi connectivity index (χ1v) is 7.23. The number of aryl methyl sites for hydroxylation is 1. The molecule has 3 rings (SSSR count). The van der Waals surface area contributed by atoms with Gasteiger partial charge in [-0.1, -0.05) is 18.2 Å². The summed E-state index contributed by atoms with van der Waals surface area (Å²) in [6.07, 6.45) is 7.23. The number of hydrogen-bond acceptors (Lipinski definition) is 3. The van der Waals surface area contributed by atoms with Gasteiger partial charge in [0, 0.05) is 44.0 Å². The van der Waals surface area contributed by atoms with Crippen LogP contribution in [-0.2, 0) is 20.0 Å². The van der Waals surface area contributed by atoms with Gasteiger partial charge in [-0.3, -0.25) is 0 Å². The van der Waals surface area contributed by atoms with Crippen LogP contribution < -0.4 is 10.1 Å². The Morgan fingerprint density at radius 3 is 2.95 bits per heavy atom. The van der Waals surface area contributed by atoms with E-state index in [0.717, 1.165) is 30.6 Å². The standard InChI is InChI=1S/C16H21N3O/c1-19-10-9-17-16(19)8-11-20-15-5-3-2-4-13(15)12-18-14-6-7-14/h2-5,9-10,14,18H,6-8,11-12H2,1H3. The van der Waals surface area contributed by atoms with Gasteiger partial charge in [0.05, 0.1) is 6.61 Å². The summed E-state index contributed by atoms with van der Waals surface area (Å²) in [5, 5.41) is 3.53. The fraction of sp³-hybridized carbons (Fsp3) is 0.438. The molecule has 0 radical (unpaired) electrons. The summed E-state index contributed by atoms with van der Waals surface area (Å²) in [6, 6.07) is 8.98. The molecule has 0 amide bonds. The van der Waals surface area contributed by atoms with Crippen LogP contribution in [0.5, 0.6) is 5.75 Å². The molecule has 2 aromatic rings. The van der Waals surface area contributed by atoms with E-state index in [0.29, 0.717) is 6.61 Å². The van der Waals surface area contributed by atoms with Gasteiger partial charge in [0.15, 0.2) is 0 Å². The van der Waals surface area contributed by atoms with Crippen LogP contribution in [0.15, 0.2) is 36.7 Å². The van der Waals surface area contributed by atoms with Crippen molar-refractivity contribution in [3.63, 3.8) is 0 Å². The summed E-state index contributed by atoms with van der Waals surface area (Å²) >= 11 is 0. The van der Waals surface area contributed by atoms with Crippen molar-refractivity contribution in [2.75, 3.05) is 6.61 Å². The molecule has 0 unspecified atom stereocenters. The van der Waals surface area contributed by atoms with Crippen molar-refractivity contribution in [1.82, 2.24) is 14.9 Å². The van der Waals surface area contributed by atoms with E-state index < -0.39 is 0 Å². The monoisotopic (exact) mass is 271 g/mol. The van der Waals surface area contributed by atoms with E-state index in [1.807, 2.05) is 36.1 Å². The van der Waals surface area contributed by atoms with Gasteiger partial charge in [-0.25, -0.2) is 4.98 Å². The van der Waals surface area contributed by atoms with Crippen molar-refractivity contribution in [2.45, 2.75) is 31.8 Å². The maximum Gasteiger partial charge on any atom is 0.123 e. The van der Waals surface area contributed by atoms with E-state index in [4.69, 9.17) is 4.74 Å². The number of imidazole rings is 1. The number of nitrogens with zero attached hydrogens (tertiary/aromatic N) is 2. The van der Waals surface area contributed by atoms with Gasteiger partial charge in [-0.15, -0.1) is 0 Å². The second-order valence-corrected chi connectivity index (χ2v) is 5.32. The van der Waals surface area contributed by atoms with Crippen LogP contribution in [0.2, 0.25) is 0 Å². The van der Waals surface area contributed by atoms with Crippen LogP contribution in [0, 0.1) is 0 Å². The molecule has 4 nitrogen and oxygen atoms in total. The predicted octanol–water partition coefficient (Wildman–Crippen LogP) is 2.29. The summed E-state index contributed by atoms with van der Waals surface area (Å²) in [6.45, 7) is 1.55. The molecular weight excluding hydrogens is 250 g/mol. The Hall–Kier alpha value is -1.81. The Kier molecular flexibility index (Phi) is 4.02. The maximum atomic E-state index is 5.92. The molecule has 1 N–H and O–H groups in total. The zero-order chi connectivity index (χ0) is 13.8. The number of hydrogen-bond donors (Lipinski definition) is 1. The first kappa shape index (κ1) is 13.2. The molecule has 1 aliphatic carbocycles. The average Bonchev–Trinajstić information content (AvgIpc) is 3.21. The van der Waals surface area contributed by atoms with Crippen molar-refractivity contribution in [3.05, 3.63) is 48.0 Å². The fourth-order valence-corrected chi connectivity index (χ4v) is 2.22. The van der Waals surface area contributed by atoms with Crippen LogP contribution >= 0.6 is 0 Å². The van der Waals surface area contributed by atoms with Gasteiger partial charge in [0.2, 0.25) is 0 Å². The Balaban J connectivity index is 1.54. The minimum atomic E-state index is 0.658. The molecule has 0 spiro atoms. The Morgan fingerprint density at radius 2 is 2.20 bits per heavy atom. The lowest BCUT2D eigenvalue weighted by Gasteiger charge is -2.12. The molecule has 1 saturated carbocycles. The lowest BCUT2D eigenvalue weighted by molar-refractivity contribution is 0.313. The Bertz CT molecular complexity index is 560. The van der Waals surface area contributed by atoms with E-state index >= 15 is 0 Å². The molecule has 1 aromatic heterocycles. The van der Waals surface area contributed by atoms with Gasteiger partial charge in [-0.05, 0) is 18.9 Å².